The average Bonchev–Trinajstić information content (AvgIpc) is 3.21. The van der Waals surface area contributed by atoms with Gasteiger partial charge < -0.3 is 25.2 Å². The van der Waals surface area contributed by atoms with E-state index in [1.165, 1.54) is 57.8 Å². The van der Waals surface area contributed by atoms with Gasteiger partial charge >= 0.3 is 19.8 Å². The van der Waals surface area contributed by atoms with Crippen molar-refractivity contribution >= 4 is 19.8 Å². The molecule has 0 aliphatic rings. The van der Waals surface area contributed by atoms with Gasteiger partial charge in [-0.1, -0.05) is 163 Å². The maximum Gasteiger partial charge on any atom is 0.472 e. The molecule has 0 aromatic heterocycles. The molecule has 0 aliphatic heterocycles. The summed E-state index contributed by atoms with van der Waals surface area (Å²) in [6.45, 7) is 3.59. The Kier molecular flexibility index (Phi) is 41.2. The minimum atomic E-state index is -4.63. The predicted octanol–water partition coefficient (Wildman–Crippen LogP) is 12.8. The topological polar surface area (TPSA) is 155 Å². The quantitative estimate of drug-likeness (QED) is 0.0234. The number of esters is 1. The Hall–Kier alpha value is -2.85. The molecule has 0 saturated carbocycles. The molecule has 0 saturated heterocycles. The first-order valence-electron chi connectivity index (χ1n) is 22.6. The van der Waals surface area contributed by atoms with Gasteiger partial charge in [-0.2, -0.15) is 0 Å². The van der Waals surface area contributed by atoms with Gasteiger partial charge in [-0.3, -0.25) is 18.6 Å². The molecule has 0 radical (unpaired) electrons. The number of hydrogen-bond acceptors (Lipinski definition) is 8. The van der Waals surface area contributed by atoms with Crippen molar-refractivity contribution in [2.24, 2.45) is 5.73 Å². The Balaban J connectivity index is 4.18. The summed E-state index contributed by atoms with van der Waals surface area (Å²) < 4.78 is 33.3. The van der Waals surface area contributed by atoms with Crippen molar-refractivity contribution in [2.45, 2.75) is 180 Å². The highest BCUT2D eigenvalue weighted by Gasteiger charge is 2.27. The SMILES string of the molecule is CC/C=C\C/C=C\C/C=C\C/C=C\CCCCCCCCCCCCCOCC(COP(=O)(O)OCC(N)C(=O)O)OC(=O)CCCCC/C=C\C/C=C\C/C=C\CC. The van der Waals surface area contributed by atoms with E-state index in [0.717, 1.165) is 83.5 Å². The fraction of sp³-hybridized carbons (Fsp3) is 0.667. The number of carboxylic acids is 1. The van der Waals surface area contributed by atoms with E-state index < -0.39 is 45.1 Å². The van der Waals surface area contributed by atoms with Crippen LogP contribution in [0.25, 0.3) is 0 Å². The molecule has 0 fully saturated rings. The number of phosphoric acid groups is 1. The van der Waals surface area contributed by atoms with Crippen LogP contribution in [0.2, 0.25) is 0 Å². The number of unbranched alkanes of at least 4 members (excludes halogenated alkanes) is 14. The van der Waals surface area contributed by atoms with Crippen molar-refractivity contribution in [3.05, 3.63) is 85.1 Å². The number of hydrogen-bond donors (Lipinski definition) is 3. The van der Waals surface area contributed by atoms with Gasteiger partial charge in [-0.15, -0.1) is 0 Å². The molecule has 0 amide bonds. The molecule has 0 rings (SSSR count). The van der Waals surface area contributed by atoms with E-state index >= 15 is 0 Å². The van der Waals surface area contributed by atoms with Crippen LogP contribution in [0.3, 0.4) is 0 Å². The van der Waals surface area contributed by atoms with Crippen LogP contribution in [0.5, 0.6) is 0 Å². The molecule has 338 valence electrons. The first kappa shape index (κ1) is 56.1. The Bertz CT molecular complexity index is 1260. The molecule has 0 heterocycles. The zero-order valence-corrected chi connectivity index (χ0v) is 37.7. The Morgan fingerprint density at radius 1 is 0.542 bits per heavy atom. The van der Waals surface area contributed by atoms with Gasteiger partial charge in [0.25, 0.3) is 0 Å². The van der Waals surface area contributed by atoms with Gasteiger partial charge in [0.15, 0.2) is 0 Å². The summed E-state index contributed by atoms with van der Waals surface area (Å²) in [5.41, 5.74) is 5.35. The number of allylic oxidation sites excluding steroid dienone is 14. The van der Waals surface area contributed by atoms with Crippen molar-refractivity contribution in [2.75, 3.05) is 26.4 Å². The van der Waals surface area contributed by atoms with E-state index in [-0.39, 0.29) is 13.0 Å². The number of carbonyl (C=O) groups excluding carboxylic acids is 1. The molecule has 0 spiro atoms. The van der Waals surface area contributed by atoms with Crippen molar-refractivity contribution < 1.29 is 42.7 Å². The molecular formula is C48H82NO9P. The lowest BCUT2D eigenvalue weighted by Gasteiger charge is -2.20. The van der Waals surface area contributed by atoms with Gasteiger partial charge in [-0.05, 0) is 83.5 Å². The molecular weight excluding hydrogens is 765 g/mol. The standard InChI is InChI=1S/C48H82NO9P/c1-3-5-7-9-11-13-15-17-18-19-20-21-22-23-24-25-26-27-29-31-33-35-37-39-41-55-42-45(43-56-59(53,54)57-44-46(49)48(51)52)58-47(50)40-38-36-34-32-30-28-16-14-12-10-8-6-4-2/h5-8,11-14,17-18,20-21,28,30,45-46H,3-4,9-10,15-16,19,22-27,29,31-44,49H2,1-2H3,(H,51,52)(H,53,54)/b7-5-,8-6-,13-11-,14-12-,18-17-,21-20-,30-28-. The summed E-state index contributed by atoms with van der Waals surface area (Å²) in [7, 11) is -4.63. The maximum absolute atomic E-state index is 12.6. The average molecular weight is 848 g/mol. The highest BCUT2D eigenvalue weighted by atomic mass is 31.2. The number of aliphatic carboxylic acids is 1. The van der Waals surface area contributed by atoms with E-state index in [2.05, 4.69) is 98.9 Å². The van der Waals surface area contributed by atoms with Crippen LogP contribution in [0.15, 0.2) is 85.1 Å². The number of ether oxygens (including phenoxy) is 2. The Morgan fingerprint density at radius 2 is 0.932 bits per heavy atom. The number of carboxylic acid groups (broad SMARTS) is 1. The van der Waals surface area contributed by atoms with Crippen molar-refractivity contribution in [1.29, 1.82) is 0 Å². The lowest BCUT2D eigenvalue weighted by molar-refractivity contribution is -0.154. The summed E-state index contributed by atoms with van der Waals surface area (Å²) in [4.78, 5) is 33.5. The number of nitrogens with two attached hydrogens (primary N) is 1. The van der Waals surface area contributed by atoms with E-state index in [0.29, 0.717) is 13.0 Å². The van der Waals surface area contributed by atoms with Crippen LogP contribution in [0.1, 0.15) is 168 Å². The molecule has 0 aromatic rings. The van der Waals surface area contributed by atoms with Crippen LogP contribution in [-0.2, 0) is 32.7 Å². The summed E-state index contributed by atoms with van der Waals surface area (Å²) in [6, 6.07) is -1.48. The fourth-order valence-corrected chi connectivity index (χ4v) is 6.50. The zero-order valence-electron chi connectivity index (χ0n) is 36.8. The Morgan fingerprint density at radius 3 is 1.39 bits per heavy atom. The summed E-state index contributed by atoms with van der Waals surface area (Å²) >= 11 is 0. The first-order chi connectivity index (χ1) is 28.7. The van der Waals surface area contributed by atoms with E-state index in [4.69, 9.17) is 29.4 Å². The van der Waals surface area contributed by atoms with Gasteiger partial charge in [0.1, 0.15) is 12.1 Å². The fourth-order valence-electron chi connectivity index (χ4n) is 5.73. The van der Waals surface area contributed by atoms with Crippen LogP contribution in [0.4, 0.5) is 0 Å². The molecule has 3 atom stereocenters. The van der Waals surface area contributed by atoms with Crippen LogP contribution >= 0.6 is 7.82 Å². The monoisotopic (exact) mass is 848 g/mol. The van der Waals surface area contributed by atoms with Crippen molar-refractivity contribution in [1.82, 2.24) is 0 Å². The molecule has 0 aliphatic carbocycles. The smallest absolute Gasteiger partial charge is 0.472 e. The minimum absolute atomic E-state index is 0.00203. The summed E-state index contributed by atoms with van der Waals surface area (Å²) in [5, 5.41) is 8.90. The molecule has 0 bridgehead atoms. The zero-order chi connectivity index (χ0) is 43.3. The molecule has 11 heteroatoms. The summed E-state index contributed by atoms with van der Waals surface area (Å²) in [5.74, 6) is -1.82. The number of phosphoric ester groups is 1. The van der Waals surface area contributed by atoms with Crippen molar-refractivity contribution in [3.8, 4) is 0 Å². The highest BCUT2D eigenvalue weighted by molar-refractivity contribution is 7.47. The van der Waals surface area contributed by atoms with E-state index in [9.17, 15) is 19.0 Å². The van der Waals surface area contributed by atoms with Gasteiger partial charge in [-0.25, -0.2) is 4.57 Å². The third-order valence-corrected chi connectivity index (χ3v) is 10.1. The maximum atomic E-state index is 12.6. The van der Waals surface area contributed by atoms with Crippen LogP contribution < -0.4 is 5.73 Å². The number of carbonyl (C=O) groups is 2. The second-order valence-corrected chi connectivity index (χ2v) is 16.2. The lowest BCUT2D eigenvalue weighted by atomic mass is 10.1. The largest absolute Gasteiger partial charge is 0.480 e. The molecule has 59 heavy (non-hydrogen) atoms. The lowest BCUT2D eigenvalue weighted by Crippen LogP contribution is -2.34. The van der Waals surface area contributed by atoms with Gasteiger partial charge in [0.2, 0.25) is 0 Å². The molecule has 0 aromatic carbocycles. The second-order valence-electron chi connectivity index (χ2n) is 14.8. The first-order valence-corrected chi connectivity index (χ1v) is 24.1. The van der Waals surface area contributed by atoms with Crippen LogP contribution in [0, 0.1) is 0 Å². The van der Waals surface area contributed by atoms with Gasteiger partial charge in [0.05, 0.1) is 19.8 Å². The summed E-state index contributed by atoms with van der Waals surface area (Å²) in [6.07, 6.45) is 55.0. The van der Waals surface area contributed by atoms with E-state index in [1.54, 1.807) is 0 Å². The highest BCUT2D eigenvalue weighted by Crippen LogP contribution is 2.43. The Labute approximate surface area is 358 Å². The van der Waals surface area contributed by atoms with Crippen LogP contribution in [-0.4, -0.2) is 60.5 Å². The van der Waals surface area contributed by atoms with E-state index in [1.807, 2.05) is 0 Å². The normalized spacial score (nSPS) is 14.6. The predicted molar refractivity (Wildman–Crippen MR) is 244 cm³/mol. The molecule has 10 nitrogen and oxygen atoms in total. The minimum Gasteiger partial charge on any atom is -0.480 e. The molecule has 4 N–H and O–H groups in total. The second kappa shape index (κ2) is 43.2. The molecule has 3 unspecified atom stereocenters. The van der Waals surface area contributed by atoms with Gasteiger partial charge in [0, 0.05) is 13.0 Å². The third kappa shape index (κ3) is 43.1. The van der Waals surface area contributed by atoms with Crippen molar-refractivity contribution in [3.63, 3.8) is 0 Å². The third-order valence-electron chi connectivity index (χ3n) is 9.17. The number of rotatable bonds is 42.